The fraction of sp³-hybridized carbons (Fsp3) is 0.800. The normalized spacial score (nSPS) is 21.6. The van der Waals surface area contributed by atoms with Gasteiger partial charge in [-0.2, -0.15) is 5.10 Å². The van der Waals surface area contributed by atoms with Gasteiger partial charge >= 0.3 is 0 Å². The third-order valence-electron chi connectivity index (χ3n) is 4.90. The molecule has 0 aromatic carbocycles. The van der Waals surface area contributed by atoms with Crippen LogP contribution in [0.25, 0.3) is 0 Å². The highest BCUT2D eigenvalue weighted by molar-refractivity contribution is 7.89. The highest BCUT2D eigenvalue weighted by Crippen LogP contribution is 2.25. The maximum absolute atomic E-state index is 12.7. The topological polar surface area (TPSA) is 79.3 Å². The van der Waals surface area contributed by atoms with Crippen molar-refractivity contribution in [1.29, 1.82) is 0 Å². The minimum absolute atomic E-state index is 0.267. The maximum Gasteiger partial charge on any atom is 0.245 e. The highest BCUT2D eigenvalue weighted by atomic mass is 32.2. The van der Waals surface area contributed by atoms with Crippen molar-refractivity contribution in [1.82, 2.24) is 19.5 Å². The Morgan fingerprint density at radius 2 is 1.57 bits per heavy atom. The quantitative estimate of drug-likeness (QED) is 0.825. The van der Waals surface area contributed by atoms with E-state index in [0.29, 0.717) is 45.0 Å². The lowest BCUT2D eigenvalue weighted by Crippen LogP contribution is -2.47. The summed E-state index contributed by atoms with van der Waals surface area (Å²) in [6, 6.07) is 0. The average molecular weight is 339 g/mol. The van der Waals surface area contributed by atoms with Gasteiger partial charge in [0.15, 0.2) is 0 Å². The van der Waals surface area contributed by atoms with E-state index in [-0.39, 0.29) is 5.25 Å². The summed E-state index contributed by atoms with van der Waals surface area (Å²) in [4.78, 5) is 6.51. The molecule has 3 heterocycles. The maximum atomic E-state index is 12.7. The number of anilines is 1. The molecule has 0 saturated carbocycles. The summed E-state index contributed by atoms with van der Waals surface area (Å²) in [5.74, 6) is 0.613. The van der Waals surface area contributed by atoms with Crippen LogP contribution in [0.5, 0.6) is 0 Å². The lowest BCUT2D eigenvalue weighted by atomic mass is 10.1. The molecule has 0 radical (unpaired) electrons. The van der Waals surface area contributed by atoms with Crippen LogP contribution in [-0.4, -0.2) is 59.3 Å². The molecule has 3 rings (SSSR count). The van der Waals surface area contributed by atoms with Crippen LogP contribution in [0, 0.1) is 13.8 Å². The van der Waals surface area contributed by atoms with E-state index in [1.165, 1.54) is 0 Å². The lowest BCUT2D eigenvalue weighted by Gasteiger charge is -2.35. The molecule has 2 saturated heterocycles. The van der Waals surface area contributed by atoms with E-state index in [4.69, 9.17) is 0 Å². The molecule has 8 heteroatoms. The minimum Gasteiger partial charge on any atom is -0.339 e. The van der Waals surface area contributed by atoms with Gasteiger partial charge in [0.25, 0.3) is 0 Å². The van der Waals surface area contributed by atoms with E-state index in [1.54, 1.807) is 4.31 Å². The van der Waals surface area contributed by atoms with Crippen LogP contribution in [-0.2, 0) is 10.0 Å². The van der Waals surface area contributed by atoms with Crippen LogP contribution >= 0.6 is 0 Å². The van der Waals surface area contributed by atoms with Crippen molar-refractivity contribution in [2.75, 3.05) is 31.1 Å². The standard InChI is InChI=1S/C15H25N5O2S/c1-12-13(2)17-18-15(16-12)19-10-6-14(7-11-19)23(21,22)20-8-4-3-5-9-20/h14H,3-11H2,1-2H3. The van der Waals surface area contributed by atoms with Crippen molar-refractivity contribution in [3.8, 4) is 0 Å². The van der Waals surface area contributed by atoms with Gasteiger partial charge in [-0.1, -0.05) is 6.42 Å². The van der Waals surface area contributed by atoms with Gasteiger partial charge in [-0.05, 0) is 39.5 Å². The van der Waals surface area contributed by atoms with Gasteiger partial charge in [0.1, 0.15) is 0 Å². The molecule has 0 unspecified atom stereocenters. The van der Waals surface area contributed by atoms with E-state index in [9.17, 15) is 8.42 Å². The summed E-state index contributed by atoms with van der Waals surface area (Å²) in [7, 11) is -3.16. The molecule has 0 bridgehead atoms. The number of hydrogen-bond acceptors (Lipinski definition) is 6. The first kappa shape index (κ1) is 16.6. The summed E-state index contributed by atoms with van der Waals surface area (Å²) >= 11 is 0. The van der Waals surface area contributed by atoms with Gasteiger partial charge < -0.3 is 4.90 Å². The van der Waals surface area contributed by atoms with Gasteiger partial charge in [0.05, 0.1) is 16.6 Å². The molecular formula is C15H25N5O2S. The molecule has 1 aromatic rings. The number of hydrogen-bond donors (Lipinski definition) is 0. The summed E-state index contributed by atoms with van der Waals surface area (Å²) < 4.78 is 27.2. The van der Waals surface area contributed by atoms with Gasteiger partial charge in [-0.3, -0.25) is 0 Å². The molecule has 0 amide bonds. The zero-order valence-corrected chi connectivity index (χ0v) is 14.7. The first-order valence-electron chi connectivity index (χ1n) is 8.40. The number of rotatable bonds is 3. The Morgan fingerprint density at radius 3 is 2.17 bits per heavy atom. The Labute approximate surface area is 138 Å². The van der Waals surface area contributed by atoms with Crippen LogP contribution < -0.4 is 4.90 Å². The van der Waals surface area contributed by atoms with Crippen LogP contribution in [0.4, 0.5) is 5.95 Å². The van der Waals surface area contributed by atoms with E-state index in [2.05, 4.69) is 15.2 Å². The number of nitrogens with zero attached hydrogens (tertiary/aromatic N) is 5. The SMILES string of the molecule is Cc1nnc(N2CCC(S(=O)(=O)N3CCCCC3)CC2)nc1C. The second-order valence-corrected chi connectivity index (χ2v) is 8.69. The number of aryl methyl sites for hydroxylation is 2. The van der Waals surface area contributed by atoms with Gasteiger partial charge in [-0.15, -0.1) is 5.10 Å². The zero-order chi connectivity index (χ0) is 16.4. The predicted octanol–water partition coefficient (Wildman–Crippen LogP) is 1.27. The molecule has 7 nitrogen and oxygen atoms in total. The molecule has 1 aromatic heterocycles. The third-order valence-corrected chi connectivity index (χ3v) is 7.30. The number of sulfonamides is 1. The molecule has 0 spiro atoms. The first-order valence-corrected chi connectivity index (χ1v) is 9.90. The van der Waals surface area contributed by atoms with Gasteiger partial charge in [0, 0.05) is 26.2 Å². The Hall–Kier alpha value is -1.28. The average Bonchev–Trinajstić information content (AvgIpc) is 2.58. The first-order chi connectivity index (χ1) is 11.0. The van der Waals surface area contributed by atoms with Crippen molar-refractivity contribution in [2.24, 2.45) is 0 Å². The largest absolute Gasteiger partial charge is 0.339 e. The Kier molecular flexibility index (Phi) is 4.82. The number of aromatic nitrogens is 3. The smallest absolute Gasteiger partial charge is 0.245 e. The van der Waals surface area contributed by atoms with Crippen molar-refractivity contribution < 1.29 is 8.42 Å². The summed E-state index contributed by atoms with van der Waals surface area (Å²) in [6.45, 7) is 6.51. The van der Waals surface area contributed by atoms with Crippen molar-refractivity contribution >= 4 is 16.0 Å². The Balaban J connectivity index is 1.64. The van der Waals surface area contributed by atoms with Crippen LogP contribution in [0.3, 0.4) is 0 Å². The van der Waals surface area contributed by atoms with Crippen LogP contribution in [0.15, 0.2) is 0 Å². The predicted molar refractivity (Wildman–Crippen MR) is 88.9 cm³/mol. The van der Waals surface area contributed by atoms with Gasteiger partial charge in [-0.25, -0.2) is 17.7 Å². The fourth-order valence-corrected chi connectivity index (χ4v) is 5.26. The van der Waals surface area contributed by atoms with E-state index < -0.39 is 10.0 Å². The summed E-state index contributed by atoms with van der Waals surface area (Å²) in [5, 5.41) is 7.99. The molecular weight excluding hydrogens is 314 g/mol. The Bertz CT molecular complexity index is 650. The van der Waals surface area contributed by atoms with Gasteiger partial charge in [0.2, 0.25) is 16.0 Å². The molecule has 2 aliphatic rings. The van der Waals surface area contributed by atoms with Crippen molar-refractivity contribution in [2.45, 2.75) is 51.2 Å². The fourth-order valence-electron chi connectivity index (χ4n) is 3.26. The second-order valence-electron chi connectivity index (χ2n) is 6.47. The second kappa shape index (κ2) is 6.68. The van der Waals surface area contributed by atoms with Crippen LogP contribution in [0.2, 0.25) is 0 Å². The van der Waals surface area contributed by atoms with E-state index in [0.717, 1.165) is 30.7 Å². The third kappa shape index (κ3) is 3.47. The molecule has 0 atom stereocenters. The molecule has 0 aliphatic carbocycles. The van der Waals surface area contributed by atoms with Crippen LogP contribution in [0.1, 0.15) is 43.5 Å². The molecule has 2 fully saturated rings. The molecule has 2 aliphatic heterocycles. The van der Waals surface area contributed by atoms with Crippen molar-refractivity contribution in [3.05, 3.63) is 11.4 Å². The highest BCUT2D eigenvalue weighted by Gasteiger charge is 2.35. The Morgan fingerprint density at radius 1 is 0.913 bits per heavy atom. The lowest BCUT2D eigenvalue weighted by molar-refractivity contribution is 0.338. The molecule has 128 valence electrons. The zero-order valence-electron chi connectivity index (χ0n) is 13.9. The minimum atomic E-state index is -3.16. The monoisotopic (exact) mass is 339 g/mol. The summed E-state index contributed by atoms with van der Waals surface area (Å²) in [5.41, 5.74) is 1.70. The molecule has 23 heavy (non-hydrogen) atoms. The number of piperidine rings is 2. The van der Waals surface area contributed by atoms with E-state index >= 15 is 0 Å². The summed E-state index contributed by atoms with van der Waals surface area (Å²) in [6.07, 6.45) is 4.38. The van der Waals surface area contributed by atoms with Crippen molar-refractivity contribution in [3.63, 3.8) is 0 Å². The molecule has 0 N–H and O–H groups in total. The van der Waals surface area contributed by atoms with E-state index in [1.807, 2.05) is 18.7 Å².